The van der Waals surface area contributed by atoms with Crippen LogP contribution >= 0.6 is 0 Å². The first-order valence-corrected chi connectivity index (χ1v) is 10.1. The van der Waals surface area contributed by atoms with Gasteiger partial charge in [-0.3, -0.25) is 0 Å². The average molecular weight is 361 g/mol. The molecular formula is C21H36N4O. The number of nitrogens with one attached hydrogen (secondary N) is 2. The molecule has 2 rings (SSSR count). The molecule has 1 saturated heterocycles. The van der Waals surface area contributed by atoms with E-state index in [1.54, 1.807) is 0 Å². The molecule has 5 heteroatoms. The molecule has 1 aromatic carbocycles. The van der Waals surface area contributed by atoms with E-state index in [0.29, 0.717) is 12.5 Å². The zero-order valence-corrected chi connectivity index (χ0v) is 17.0. The normalized spacial score (nSPS) is 18.2. The maximum absolute atomic E-state index is 5.91. The lowest BCUT2D eigenvalue weighted by Gasteiger charge is -2.16. The van der Waals surface area contributed by atoms with E-state index in [9.17, 15) is 0 Å². The van der Waals surface area contributed by atoms with Crippen LogP contribution in [0, 0.1) is 12.8 Å². The second kappa shape index (κ2) is 11.1. The highest BCUT2D eigenvalue weighted by Crippen LogP contribution is 2.21. The summed E-state index contributed by atoms with van der Waals surface area (Å²) in [6.45, 7) is 15.3. The predicted molar refractivity (Wildman–Crippen MR) is 110 cm³/mol. The number of nitrogens with zero attached hydrogens (tertiary/aromatic N) is 2. The second-order valence-corrected chi connectivity index (χ2v) is 7.08. The Bertz CT molecular complexity index is 573. The zero-order chi connectivity index (χ0) is 18.8. The van der Waals surface area contributed by atoms with Crippen molar-refractivity contribution in [3.05, 3.63) is 29.3 Å². The van der Waals surface area contributed by atoms with Gasteiger partial charge in [0.2, 0.25) is 0 Å². The maximum Gasteiger partial charge on any atom is 0.191 e. The van der Waals surface area contributed by atoms with Gasteiger partial charge in [-0.15, -0.1) is 0 Å². The third kappa shape index (κ3) is 6.52. The number of aliphatic imine (C=N–C) groups is 1. The van der Waals surface area contributed by atoms with Gasteiger partial charge in [-0.2, -0.15) is 0 Å². The van der Waals surface area contributed by atoms with Gasteiger partial charge >= 0.3 is 0 Å². The largest absolute Gasteiger partial charge is 0.493 e. The molecule has 0 aromatic heterocycles. The van der Waals surface area contributed by atoms with Crippen LogP contribution in [-0.4, -0.2) is 50.2 Å². The van der Waals surface area contributed by atoms with Crippen LogP contribution in [0.5, 0.6) is 5.75 Å². The Morgan fingerprint density at radius 2 is 2.12 bits per heavy atom. The highest BCUT2D eigenvalue weighted by Gasteiger charge is 2.21. The summed E-state index contributed by atoms with van der Waals surface area (Å²) >= 11 is 0. The first-order valence-electron chi connectivity index (χ1n) is 10.1. The van der Waals surface area contributed by atoms with Crippen LogP contribution in [0.3, 0.4) is 0 Å². The van der Waals surface area contributed by atoms with E-state index < -0.39 is 0 Å². The van der Waals surface area contributed by atoms with Crippen molar-refractivity contribution >= 4 is 5.96 Å². The third-order valence-corrected chi connectivity index (χ3v) is 4.81. The van der Waals surface area contributed by atoms with Crippen LogP contribution in [0.2, 0.25) is 0 Å². The van der Waals surface area contributed by atoms with Crippen LogP contribution in [0.15, 0.2) is 23.2 Å². The molecule has 0 amide bonds. The molecular weight excluding hydrogens is 324 g/mol. The van der Waals surface area contributed by atoms with Gasteiger partial charge in [0.25, 0.3) is 0 Å². The standard InChI is InChI=1S/C21H36N4O/c1-5-12-26-20-13-17(4)8-9-19(20)15-24-21(22-6-2)23-14-18-10-11-25(7-3)16-18/h8-9,13,18H,5-7,10-12,14-16H2,1-4H3,(H2,22,23,24). The summed E-state index contributed by atoms with van der Waals surface area (Å²) in [4.78, 5) is 7.30. The van der Waals surface area contributed by atoms with Gasteiger partial charge in [0, 0.05) is 25.2 Å². The molecule has 146 valence electrons. The summed E-state index contributed by atoms with van der Waals surface area (Å²) in [5, 5.41) is 6.88. The molecule has 0 spiro atoms. The summed E-state index contributed by atoms with van der Waals surface area (Å²) in [5.41, 5.74) is 2.36. The van der Waals surface area contributed by atoms with Crippen molar-refractivity contribution in [2.75, 3.05) is 39.3 Å². The smallest absolute Gasteiger partial charge is 0.191 e. The lowest BCUT2D eigenvalue weighted by Crippen LogP contribution is -2.40. The van der Waals surface area contributed by atoms with Gasteiger partial charge in [0.15, 0.2) is 5.96 Å². The van der Waals surface area contributed by atoms with Crippen molar-refractivity contribution in [1.29, 1.82) is 0 Å². The average Bonchev–Trinajstić information content (AvgIpc) is 3.11. The third-order valence-electron chi connectivity index (χ3n) is 4.81. The van der Waals surface area contributed by atoms with Gasteiger partial charge in [0.05, 0.1) is 13.2 Å². The van der Waals surface area contributed by atoms with Gasteiger partial charge in [-0.25, -0.2) is 4.99 Å². The Morgan fingerprint density at radius 3 is 2.81 bits per heavy atom. The Balaban J connectivity index is 1.95. The quantitative estimate of drug-likeness (QED) is 0.524. The minimum absolute atomic E-state index is 0.625. The molecule has 1 atom stereocenters. The Morgan fingerprint density at radius 1 is 1.27 bits per heavy atom. The van der Waals surface area contributed by atoms with Crippen molar-refractivity contribution in [1.82, 2.24) is 15.5 Å². The number of guanidine groups is 1. The lowest BCUT2D eigenvalue weighted by atomic mass is 10.1. The number of benzene rings is 1. The molecule has 1 fully saturated rings. The molecule has 1 aliphatic heterocycles. The summed E-state index contributed by atoms with van der Waals surface area (Å²) in [7, 11) is 0. The number of hydrogen-bond donors (Lipinski definition) is 2. The second-order valence-electron chi connectivity index (χ2n) is 7.08. The number of aryl methyl sites for hydroxylation is 1. The van der Waals surface area contributed by atoms with Crippen LogP contribution in [0.25, 0.3) is 0 Å². The van der Waals surface area contributed by atoms with Crippen molar-refractivity contribution < 1.29 is 4.74 Å². The number of ether oxygens (including phenoxy) is 1. The Labute approximate surface area is 159 Å². The number of hydrogen-bond acceptors (Lipinski definition) is 3. The van der Waals surface area contributed by atoms with Crippen LogP contribution < -0.4 is 15.4 Å². The summed E-state index contributed by atoms with van der Waals surface area (Å²) in [6.07, 6.45) is 2.28. The molecule has 0 aliphatic carbocycles. The summed E-state index contributed by atoms with van der Waals surface area (Å²) in [5.74, 6) is 2.56. The molecule has 1 heterocycles. The number of rotatable bonds is 9. The lowest BCUT2D eigenvalue weighted by molar-refractivity contribution is 0.314. The van der Waals surface area contributed by atoms with Crippen molar-refractivity contribution in [2.24, 2.45) is 10.9 Å². The molecule has 1 aromatic rings. The fraction of sp³-hybridized carbons (Fsp3) is 0.667. The molecule has 0 bridgehead atoms. The minimum atomic E-state index is 0.625. The highest BCUT2D eigenvalue weighted by atomic mass is 16.5. The SMILES string of the molecule is CCCOc1cc(C)ccc1CN=C(NCC)NCC1CCN(CC)C1. The van der Waals surface area contributed by atoms with Gasteiger partial charge in [0.1, 0.15) is 5.75 Å². The fourth-order valence-corrected chi connectivity index (χ4v) is 3.25. The fourth-order valence-electron chi connectivity index (χ4n) is 3.25. The van der Waals surface area contributed by atoms with Crippen molar-refractivity contribution in [3.63, 3.8) is 0 Å². The molecule has 0 radical (unpaired) electrons. The minimum Gasteiger partial charge on any atom is -0.493 e. The van der Waals surface area contributed by atoms with Gasteiger partial charge < -0.3 is 20.3 Å². The zero-order valence-electron chi connectivity index (χ0n) is 17.0. The van der Waals surface area contributed by atoms with Crippen LogP contribution in [0.1, 0.15) is 44.7 Å². The van der Waals surface area contributed by atoms with Crippen LogP contribution in [0.4, 0.5) is 0 Å². The Hall–Kier alpha value is -1.75. The molecule has 26 heavy (non-hydrogen) atoms. The van der Waals surface area contributed by atoms with E-state index in [1.165, 1.54) is 25.1 Å². The van der Waals surface area contributed by atoms with E-state index in [1.807, 2.05) is 0 Å². The molecule has 1 aliphatic rings. The van der Waals surface area contributed by atoms with Crippen LogP contribution in [-0.2, 0) is 6.54 Å². The van der Waals surface area contributed by atoms with E-state index in [2.05, 4.69) is 61.4 Å². The van der Waals surface area contributed by atoms with Gasteiger partial charge in [-0.05, 0) is 57.3 Å². The highest BCUT2D eigenvalue weighted by molar-refractivity contribution is 5.79. The van der Waals surface area contributed by atoms with E-state index in [0.717, 1.165) is 49.9 Å². The molecule has 1 unspecified atom stereocenters. The van der Waals surface area contributed by atoms with E-state index >= 15 is 0 Å². The van der Waals surface area contributed by atoms with Gasteiger partial charge in [-0.1, -0.05) is 26.0 Å². The Kier molecular flexibility index (Phi) is 8.75. The first-order chi connectivity index (χ1) is 12.7. The van der Waals surface area contributed by atoms with E-state index in [4.69, 9.17) is 9.73 Å². The van der Waals surface area contributed by atoms with Crippen molar-refractivity contribution in [2.45, 2.75) is 47.1 Å². The summed E-state index contributed by atoms with van der Waals surface area (Å²) in [6, 6.07) is 6.37. The molecule has 0 saturated carbocycles. The van der Waals surface area contributed by atoms with E-state index in [-0.39, 0.29) is 0 Å². The summed E-state index contributed by atoms with van der Waals surface area (Å²) < 4.78 is 5.91. The monoisotopic (exact) mass is 360 g/mol. The maximum atomic E-state index is 5.91. The predicted octanol–water partition coefficient (Wildman–Crippen LogP) is 3.18. The molecule has 5 nitrogen and oxygen atoms in total. The topological polar surface area (TPSA) is 48.9 Å². The van der Waals surface area contributed by atoms with Crippen molar-refractivity contribution in [3.8, 4) is 5.75 Å². The molecule has 2 N–H and O–H groups in total. The first kappa shape index (κ1) is 20.6. The number of likely N-dealkylation sites (tertiary alicyclic amines) is 1.